The van der Waals surface area contributed by atoms with Crippen LogP contribution in [-0.2, 0) is 4.79 Å². The van der Waals surface area contributed by atoms with Crippen molar-refractivity contribution < 1.29 is 4.79 Å². The third-order valence-electron chi connectivity index (χ3n) is 3.44. The SMILES string of the molecule is CC(=O)C1CCN(c2ccccc2C#N)CC1. The second kappa shape index (κ2) is 5.01. The normalized spacial score (nSPS) is 16.6. The molecule has 1 saturated heterocycles. The van der Waals surface area contributed by atoms with Crippen molar-refractivity contribution in [1.29, 1.82) is 5.26 Å². The molecule has 0 saturated carbocycles. The number of piperidine rings is 1. The van der Waals surface area contributed by atoms with Crippen LogP contribution in [-0.4, -0.2) is 18.9 Å². The number of nitrogens with zero attached hydrogens (tertiary/aromatic N) is 2. The van der Waals surface area contributed by atoms with Gasteiger partial charge in [-0.3, -0.25) is 4.79 Å². The van der Waals surface area contributed by atoms with E-state index in [0.29, 0.717) is 11.3 Å². The Morgan fingerprint density at radius 2 is 2.00 bits per heavy atom. The molecule has 0 amide bonds. The van der Waals surface area contributed by atoms with Crippen LogP contribution in [0.15, 0.2) is 24.3 Å². The molecule has 1 aromatic rings. The molecular weight excluding hydrogens is 212 g/mol. The van der Waals surface area contributed by atoms with E-state index in [0.717, 1.165) is 31.6 Å². The standard InChI is InChI=1S/C14H16N2O/c1-11(17)12-6-8-16(9-7-12)14-5-3-2-4-13(14)10-15/h2-5,12H,6-9H2,1H3. The zero-order valence-corrected chi connectivity index (χ0v) is 10.0. The minimum absolute atomic E-state index is 0.209. The number of nitriles is 1. The summed E-state index contributed by atoms with van der Waals surface area (Å²) in [6.07, 6.45) is 1.80. The molecule has 17 heavy (non-hydrogen) atoms. The first-order valence-corrected chi connectivity index (χ1v) is 5.97. The van der Waals surface area contributed by atoms with Crippen LogP contribution in [0.1, 0.15) is 25.3 Å². The Balaban J connectivity index is 2.11. The number of carbonyl (C=O) groups is 1. The Bertz CT molecular complexity index is 454. The second-order valence-electron chi connectivity index (χ2n) is 4.50. The fraction of sp³-hybridized carbons (Fsp3) is 0.429. The molecule has 1 aliphatic rings. The van der Waals surface area contributed by atoms with Gasteiger partial charge in [-0.15, -0.1) is 0 Å². The first-order chi connectivity index (χ1) is 8.22. The highest BCUT2D eigenvalue weighted by Crippen LogP contribution is 2.26. The first kappa shape index (κ1) is 11.7. The van der Waals surface area contributed by atoms with Crippen molar-refractivity contribution in [2.45, 2.75) is 19.8 Å². The van der Waals surface area contributed by atoms with E-state index in [4.69, 9.17) is 5.26 Å². The van der Waals surface area contributed by atoms with Gasteiger partial charge >= 0.3 is 0 Å². The van der Waals surface area contributed by atoms with Crippen molar-refractivity contribution in [3.8, 4) is 6.07 Å². The topological polar surface area (TPSA) is 44.1 Å². The monoisotopic (exact) mass is 228 g/mol. The highest BCUT2D eigenvalue weighted by atomic mass is 16.1. The Labute approximate surface area is 102 Å². The lowest BCUT2D eigenvalue weighted by molar-refractivity contribution is -0.121. The summed E-state index contributed by atoms with van der Waals surface area (Å²) in [5.74, 6) is 0.499. The van der Waals surface area contributed by atoms with Crippen LogP contribution in [0.2, 0.25) is 0 Å². The third-order valence-corrected chi connectivity index (χ3v) is 3.44. The summed E-state index contributed by atoms with van der Waals surface area (Å²) >= 11 is 0. The summed E-state index contributed by atoms with van der Waals surface area (Å²) in [4.78, 5) is 13.5. The third kappa shape index (κ3) is 2.47. The highest BCUT2D eigenvalue weighted by molar-refractivity contribution is 5.78. The Kier molecular flexibility index (Phi) is 3.43. The van der Waals surface area contributed by atoms with Crippen molar-refractivity contribution in [2.24, 2.45) is 5.92 Å². The molecule has 1 fully saturated rings. The van der Waals surface area contributed by atoms with Gasteiger partial charge in [0.15, 0.2) is 0 Å². The minimum atomic E-state index is 0.209. The lowest BCUT2D eigenvalue weighted by Crippen LogP contribution is -2.36. The van der Waals surface area contributed by atoms with Gasteiger partial charge in [0.05, 0.1) is 11.3 Å². The van der Waals surface area contributed by atoms with Gasteiger partial charge in [-0.2, -0.15) is 5.26 Å². The number of para-hydroxylation sites is 1. The molecule has 0 aromatic heterocycles. The molecule has 3 heteroatoms. The van der Waals surface area contributed by atoms with Crippen LogP contribution in [0.3, 0.4) is 0 Å². The van der Waals surface area contributed by atoms with E-state index in [2.05, 4.69) is 11.0 Å². The molecule has 0 spiro atoms. The van der Waals surface area contributed by atoms with Crippen LogP contribution in [0.25, 0.3) is 0 Å². The number of hydrogen-bond acceptors (Lipinski definition) is 3. The summed E-state index contributed by atoms with van der Waals surface area (Å²) in [6, 6.07) is 9.87. The van der Waals surface area contributed by atoms with Gasteiger partial charge in [0.1, 0.15) is 11.9 Å². The highest BCUT2D eigenvalue weighted by Gasteiger charge is 2.23. The van der Waals surface area contributed by atoms with E-state index in [1.165, 1.54) is 0 Å². The molecule has 0 radical (unpaired) electrons. The van der Waals surface area contributed by atoms with Gasteiger partial charge in [0.2, 0.25) is 0 Å². The average molecular weight is 228 g/mol. The summed E-state index contributed by atoms with van der Waals surface area (Å²) in [6.45, 7) is 3.40. The molecule has 2 rings (SSSR count). The Morgan fingerprint density at radius 3 is 2.59 bits per heavy atom. The molecule has 0 N–H and O–H groups in total. The number of rotatable bonds is 2. The molecule has 0 atom stereocenters. The van der Waals surface area contributed by atoms with E-state index >= 15 is 0 Å². The predicted octanol–water partition coefficient (Wildman–Crippen LogP) is 2.36. The average Bonchev–Trinajstić information content (AvgIpc) is 2.39. The predicted molar refractivity (Wildman–Crippen MR) is 66.8 cm³/mol. The molecule has 88 valence electrons. The lowest BCUT2D eigenvalue weighted by atomic mass is 9.93. The number of hydrogen-bond donors (Lipinski definition) is 0. The maximum atomic E-state index is 11.3. The van der Waals surface area contributed by atoms with Crippen LogP contribution < -0.4 is 4.90 Å². The number of carbonyl (C=O) groups excluding carboxylic acids is 1. The van der Waals surface area contributed by atoms with E-state index < -0.39 is 0 Å². The fourth-order valence-electron chi connectivity index (χ4n) is 2.37. The van der Waals surface area contributed by atoms with Crippen molar-refractivity contribution in [1.82, 2.24) is 0 Å². The van der Waals surface area contributed by atoms with Crippen molar-refractivity contribution in [3.63, 3.8) is 0 Å². The Morgan fingerprint density at radius 1 is 1.35 bits per heavy atom. The van der Waals surface area contributed by atoms with Crippen molar-refractivity contribution in [2.75, 3.05) is 18.0 Å². The van der Waals surface area contributed by atoms with Gasteiger partial charge in [-0.1, -0.05) is 12.1 Å². The lowest BCUT2D eigenvalue weighted by Gasteiger charge is -2.33. The molecule has 1 aromatic carbocycles. The van der Waals surface area contributed by atoms with E-state index in [1.807, 2.05) is 24.3 Å². The maximum Gasteiger partial charge on any atom is 0.133 e. The zero-order chi connectivity index (χ0) is 12.3. The minimum Gasteiger partial charge on any atom is -0.370 e. The summed E-state index contributed by atoms with van der Waals surface area (Å²) < 4.78 is 0. The summed E-state index contributed by atoms with van der Waals surface area (Å²) in [7, 11) is 0. The molecule has 0 bridgehead atoms. The zero-order valence-electron chi connectivity index (χ0n) is 10.0. The fourth-order valence-corrected chi connectivity index (χ4v) is 2.37. The number of ketones is 1. The van der Waals surface area contributed by atoms with Crippen molar-refractivity contribution >= 4 is 11.5 Å². The van der Waals surface area contributed by atoms with Gasteiger partial charge in [0, 0.05) is 19.0 Å². The van der Waals surface area contributed by atoms with E-state index in [1.54, 1.807) is 6.92 Å². The molecule has 0 unspecified atom stereocenters. The van der Waals surface area contributed by atoms with Crippen LogP contribution >= 0.6 is 0 Å². The van der Waals surface area contributed by atoms with Gasteiger partial charge in [0.25, 0.3) is 0 Å². The van der Waals surface area contributed by atoms with E-state index in [-0.39, 0.29) is 5.92 Å². The van der Waals surface area contributed by atoms with Crippen molar-refractivity contribution in [3.05, 3.63) is 29.8 Å². The number of benzene rings is 1. The number of anilines is 1. The maximum absolute atomic E-state index is 11.3. The quantitative estimate of drug-likeness (QED) is 0.780. The largest absolute Gasteiger partial charge is 0.370 e. The smallest absolute Gasteiger partial charge is 0.133 e. The molecule has 3 nitrogen and oxygen atoms in total. The molecule has 0 aliphatic carbocycles. The van der Waals surface area contributed by atoms with Gasteiger partial charge in [-0.25, -0.2) is 0 Å². The van der Waals surface area contributed by atoms with Gasteiger partial charge < -0.3 is 4.90 Å². The van der Waals surface area contributed by atoms with Crippen LogP contribution in [0, 0.1) is 17.2 Å². The second-order valence-corrected chi connectivity index (χ2v) is 4.50. The molecular formula is C14H16N2O. The molecule has 1 aliphatic heterocycles. The Hall–Kier alpha value is -1.82. The van der Waals surface area contributed by atoms with Crippen LogP contribution in [0.5, 0.6) is 0 Å². The van der Waals surface area contributed by atoms with Crippen LogP contribution in [0.4, 0.5) is 5.69 Å². The summed E-state index contributed by atoms with van der Waals surface area (Å²) in [5, 5.41) is 9.06. The van der Waals surface area contributed by atoms with Gasteiger partial charge in [-0.05, 0) is 31.9 Å². The summed E-state index contributed by atoms with van der Waals surface area (Å²) in [5.41, 5.74) is 1.71. The molecule has 1 heterocycles. The van der Waals surface area contributed by atoms with E-state index in [9.17, 15) is 4.79 Å². The first-order valence-electron chi connectivity index (χ1n) is 5.97. The number of Topliss-reactive ketones (excluding diaryl/α,β-unsaturated/α-hetero) is 1.